The number of aliphatic hydroxyl groups excluding tert-OH is 4. The molecule has 4 N–H and O–H groups in total. The number of hydrogen-bond donors (Lipinski definition) is 4. The van der Waals surface area contributed by atoms with Crippen molar-refractivity contribution in [1.82, 2.24) is 0 Å². The van der Waals surface area contributed by atoms with E-state index in [9.17, 15) is 25.2 Å². The molecule has 0 aromatic carbocycles. The minimum absolute atomic E-state index is 0. The quantitative estimate of drug-likeness (QED) is 0.150. The first-order chi connectivity index (χ1) is 19.4. The van der Waals surface area contributed by atoms with Crippen molar-refractivity contribution in [2.75, 3.05) is 6.61 Å². The molecular formula is C38H66O6. The summed E-state index contributed by atoms with van der Waals surface area (Å²) in [5.41, 5.74) is -0.116. The highest BCUT2D eigenvalue weighted by molar-refractivity contribution is 5.87. The lowest BCUT2D eigenvalue weighted by atomic mass is 9.32. The number of allylic oxidation sites excluding steroid dienone is 3. The number of carbonyl (C=O) groups is 1. The van der Waals surface area contributed by atoms with Crippen molar-refractivity contribution in [2.45, 2.75) is 153 Å². The maximum Gasteiger partial charge on any atom is 0.333 e. The van der Waals surface area contributed by atoms with Gasteiger partial charge in [0.25, 0.3) is 0 Å². The Hall–Kier alpha value is -1.21. The lowest BCUT2D eigenvalue weighted by Crippen LogP contribution is -2.70. The first-order valence-corrected chi connectivity index (χ1v) is 16.6. The van der Waals surface area contributed by atoms with E-state index in [4.69, 9.17) is 4.74 Å². The van der Waals surface area contributed by atoms with E-state index in [1.54, 1.807) is 13.0 Å². The Morgan fingerprint density at radius 1 is 0.932 bits per heavy atom. The van der Waals surface area contributed by atoms with Crippen LogP contribution in [-0.4, -0.2) is 57.4 Å². The molecule has 0 heterocycles. The Morgan fingerprint density at radius 3 is 2.16 bits per heavy atom. The average Bonchev–Trinajstić information content (AvgIpc) is 2.93. The summed E-state index contributed by atoms with van der Waals surface area (Å²) in [6.07, 6.45) is 7.60. The number of carbonyl (C=O) groups excluding carboxylic acids is 1. The number of aliphatic hydroxyl groups is 4. The SMILES string of the molecule is C.C.C/C=C(\C)C(=O)OC[C@]1(C)C2CC[C@]3(C)C(CC=C4C5CC(C)(C)[C@@H](O)[C@H](O)[C@]5(CC)[C@H](O)C[C@]43C)[C@@]2(C)CC[C@@H]1O. The summed E-state index contributed by atoms with van der Waals surface area (Å²) in [6, 6.07) is 0. The first-order valence-electron chi connectivity index (χ1n) is 16.6. The van der Waals surface area contributed by atoms with Gasteiger partial charge in [-0.3, -0.25) is 0 Å². The molecule has 254 valence electrons. The van der Waals surface area contributed by atoms with Crippen LogP contribution in [0.4, 0.5) is 0 Å². The Bertz CT molecular complexity index is 1160. The van der Waals surface area contributed by atoms with Crippen molar-refractivity contribution in [1.29, 1.82) is 0 Å². The van der Waals surface area contributed by atoms with Gasteiger partial charge in [0.05, 0.1) is 31.0 Å². The van der Waals surface area contributed by atoms with Crippen molar-refractivity contribution in [3.63, 3.8) is 0 Å². The van der Waals surface area contributed by atoms with Crippen LogP contribution >= 0.6 is 0 Å². The maximum atomic E-state index is 12.6. The van der Waals surface area contributed by atoms with Crippen molar-refractivity contribution < 1.29 is 30.0 Å². The number of rotatable bonds is 4. The zero-order valence-corrected chi connectivity index (χ0v) is 27.7. The van der Waals surface area contributed by atoms with Crippen LogP contribution in [0.25, 0.3) is 0 Å². The second-order valence-corrected chi connectivity index (χ2v) is 16.7. The Labute approximate surface area is 268 Å². The van der Waals surface area contributed by atoms with E-state index in [1.165, 1.54) is 5.57 Å². The molecule has 5 aliphatic carbocycles. The molecule has 0 aromatic heterocycles. The topological polar surface area (TPSA) is 107 Å². The zero-order valence-electron chi connectivity index (χ0n) is 27.7. The molecule has 0 spiro atoms. The standard InChI is InChI=1S/C36H58O6.2CH4/c1-10-21(3)30(41)42-20-33(7)24-14-17-34(8)25(32(24,6)16-15-26(33)37)13-12-22-23-18-31(4,5)28(39)29(40)36(23,11-2)27(38)19-35(22,34)9;;/h10,12,23-29,37-40H,11,13-20H2,1-9H3;2*1H4/b21-10+;;/t23?,24?,25?,26-,27+,28-,29-,32-,33+,34+,35+,36-;;/m0../s1. The molecule has 6 heteroatoms. The second kappa shape index (κ2) is 11.8. The normalized spacial score (nSPS) is 49.4. The van der Waals surface area contributed by atoms with Gasteiger partial charge >= 0.3 is 5.97 Å². The highest BCUT2D eigenvalue weighted by Crippen LogP contribution is 2.76. The van der Waals surface area contributed by atoms with Crippen LogP contribution in [0.5, 0.6) is 0 Å². The number of hydrogen-bond acceptors (Lipinski definition) is 6. The van der Waals surface area contributed by atoms with Crippen LogP contribution in [0.2, 0.25) is 0 Å². The number of esters is 1. The highest BCUT2D eigenvalue weighted by Gasteiger charge is 2.72. The Balaban J connectivity index is 0.00000264. The number of ether oxygens (including phenoxy) is 1. The molecule has 0 saturated heterocycles. The van der Waals surface area contributed by atoms with Crippen LogP contribution in [0.1, 0.15) is 129 Å². The van der Waals surface area contributed by atoms with Crippen LogP contribution in [0, 0.1) is 50.2 Å². The molecule has 0 aliphatic heterocycles. The largest absolute Gasteiger partial charge is 0.462 e. The van der Waals surface area contributed by atoms with Crippen molar-refractivity contribution in [3.8, 4) is 0 Å². The van der Waals surface area contributed by atoms with E-state index < -0.39 is 40.7 Å². The average molecular weight is 619 g/mol. The van der Waals surface area contributed by atoms with E-state index in [2.05, 4.69) is 54.5 Å². The molecule has 0 aromatic rings. The third-order valence-corrected chi connectivity index (χ3v) is 14.8. The summed E-state index contributed by atoms with van der Waals surface area (Å²) in [6.45, 7) is 19.4. The molecule has 0 radical (unpaired) electrons. The summed E-state index contributed by atoms with van der Waals surface area (Å²) in [4.78, 5) is 12.6. The zero-order chi connectivity index (χ0) is 31.3. The summed E-state index contributed by atoms with van der Waals surface area (Å²) in [5.74, 6) is 0.263. The third-order valence-electron chi connectivity index (χ3n) is 14.8. The number of fused-ring (bicyclic) bond motifs is 7. The van der Waals surface area contributed by atoms with Gasteiger partial charge in [-0.05, 0) is 105 Å². The minimum atomic E-state index is -0.968. The fourth-order valence-electron chi connectivity index (χ4n) is 11.7. The van der Waals surface area contributed by atoms with Gasteiger partial charge in [0.1, 0.15) is 0 Å². The predicted octanol–water partition coefficient (Wildman–Crippen LogP) is 7.23. The molecule has 44 heavy (non-hydrogen) atoms. The maximum absolute atomic E-state index is 12.6. The molecule has 0 bridgehead atoms. The molecule has 5 rings (SSSR count). The molecule has 12 atom stereocenters. The molecule has 0 amide bonds. The molecule has 5 aliphatic rings. The molecular weight excluding hydrogens is 552 g/mol. The van der Waals surface area contributed by atoms with Gasteiger partial charge < -0.3 is 25.2 Å². The fourth-order valence-corrected chi connectivity index (χ4v) is 11.7. The highest BCUT2D eigenvalue weighted by atomic mass is 16.5. The van der Waals surface area contributed by atoms with Crippen LogP contribution in [-0.2, 0) is 9.53 Å². The van der Waals surface area contributed by atoms with Crippen LogP contribution < -0.4 is 0 Å². The van der Waals surface area contributed by atoms with Gasteiger partial charge in [-0.2, -0.15) is 0 Å². The van der Waals surface area contributed by atoms with Crippen LogP contribution in [0.3, 0.4) is 0 Å². The Morgan fingerprint density at radius 2 is 1.57 bits per heavy atom. The summed E-state index contributed by atoms with van der Waals surface area (Å²) in [7, 11) is 0. The summed E-state index contributed by atoms with van der Waals surface area (Å²) >= 11 is 0. The molecule has 4 fully saturated rings. The van der Waals surface area contributed by atoms with E-state index >= 15 is 0 Å². The van der Waals surface area contributed by atoms with E-state index in [1.807, 2.05) is 6.92 Å². The molecule has 4 saturated carbocycles. The van der Waals surface area contributed by atoms with Gasteiger partial charge in [-0.1, -0.05) is 81.0 Å². The van der Waals surface area contributed by atoms with Crippen LogP contribution in [0.15, 0.2) is 23.3 Å². The monoisotopic (exact) mass is 618 g/mol. The second-order valence-electron chi connectivity index (χ2n) is 16.7. The Kier molecular flexibility index (Phi) is 9.98. The van der Waals surface area contributed by atoms with Crippen molar-refractivity contribution >= 4 is 5.97 Å². The molecule has 6 nitrogen and oxygen atoms in total. The molecule has 3 unspecified atom stereocenters. The van der Waals surface area contributed by atoms with Crippen molar-refractivity contribution in [3.05, 3.63) is 23.3 Å². The van der Waals surface area contributed by atoms with Gasteiger partial charge in [0.2, 0.25) is 0 Å². The van der Waals surface area contributed by atoms with E-state index in [-0.39, 0.29) is 55.5 Å². The lowest BCUT2D eigenvalue weighted by Gasteiger charge is -2.72. The smallest absolute Gasteiger partial charge is 0.333 e. The van der Waals surface area contributed by atoms with Gasteiger partial charge in [-0.25, -0.2) is 4.79 Å². The van der Waals surface area contributed by atoms with Gasteiger partial charge in [0, 0.05) is 16.4 Å². The first kappa shape index (κ1) is 37.2. The van der Waals surface area contributed by atoms with E-state index in [0.717, 1.165) is 32.1 Å². The van der Waals surface area contributed by atoms with E-state index in [0.29, 0.717) is 30.8 Å². The summed E-state index contributed by atoms with van der Waals surface area (Å²) < 4.78 is 5.85. The minimum Gasteiger partial charge on any atom is -0.462 e. The lowest BCUT2D eigenvalue weighted by molar-refractivity contribution is -0.252. The van der Waals surface area contributed by atoms with Gasteiger partial charge in [-0.15, -0.1) is 0 Å². The van der Waals surface area contributed by atoms with Crippen molar-refractivity contribution in [2.24, 2.45) is 50.2 Å². The fraction of sp³-hybridized carbons (Fsp3) is 0.868. The third kappa shape index (κ3) is 4.65. The predicted molar refractivity (Wildman–Crippen MR) is 178 cm³/mol. The van der Waals surface area contributed by atoms with Gasteiger partial charge in [0.15, 0.2) is 0 Å². The summed E-state index contributed by atoms with van der Waals surface area (Å²) in [5, 5.41) is 46.2.